The number of benzene rings is 4. The summed E-state index contributed by atoms with van der Waals surface area (Å²) < 4.78 is 22.9. The lowest BCUT2D eigenvalue weighted by Crippen LogP contribution is -2.31. The van der Waals surface area contributed by atoms with E-state index in [0.717, 1.165) is 64.6 Å². The van der Waals surface area contributed by atoms with Crippen molar-refractivity contribution in [1.29, 1.82) is 0 Å². The summed E-state index contributed by atoms with van der Waals surface area (Å²) in [5.74, 6) is 3.31. The fourth-order valence-electron chi connectivity index (χ4n) is 5.97. The summed E-state index contributed by atoms with van der Waals surface area (Å²) in [7, 11) is 3.36. The number of nitrogens with one attached hydrogen (secondary N) is 1. The van der Waals surface area contributed by atoms with Crippen LogP contribution in [0, 0.1) is 0 Å². The fourth-order valence-corrected chi connectivity index (χ4v) is 5.97. The van der Waals surface area contributed by atoms with Gasteiger partial charge in [0.05, 0.1) is 33.4 Å². The minimum Gasteiger partial charge on any atom is -0.497 e. The van der Waals surface area contributed by atoms with Crippen molar-refractivity contribution in [3.63, 3.8) is 0 Å². The van der Waals surface area contributed by atoms with Gasteiger partial charge in [-0.15, -0.1) is 0 Å². The molecule has 0 bridgehead atoms. The molecule has 0 aliphatic carbocycles. The van der Waals surface area contributed by atoms with Gasteiger partial charge in [-0.3, -0.25) is 9.69 Å². The van der Waals surface area contributed by atoms with E-state index in [1.807, 2.05) is 42.5 Å². The van der Waals surface area contributed by atoms with Crippen LogP contribution >= 0.6 is 0 Å². The van der Waals surface area contributed by atoms with Crippen molar-refractivity contribution in [2.24, 2.45) is 0 Å². The fraction of sp³-hybridized carbons (Fsp3) is 0.225. The molecule has 6 rings (SSSR count). The number of furan rings is 2. The molecule has 0 unspecified atom stereocenters. The smallest absolute Gasteiger partial charge is 0.224 e. The second-order valence-electron chi connectivity index (χ2n) is 11.7. The number of hydrogen-bond acceptors (Lipinski definition) is 6. The molecular weight excluding hydrogens is 588 g/mol. The maximum atomic E-state index is 12.5. The normalized spacial score (nSPS) is 11.3. The van der Waals surface area contributed by atoms with Gasteiger partial charge in [-0.05, 0) is 47.0 Å². The van der Waals surface area contributed by atoms with Crippen LogP contribution in [0.25, 0.3) is 11.0 Å². The zero-order chi connectivity index (χ0) is 32.4. The van der Waals surface area contributed by atoms with Crippen molar-refractivity contribution < 1.29 is 23.1 Å². The number of hydrogen-bond donors (Lipinski definition) is 1. The minimum atomic E-state index is -0.0662. The largest absolute Gasteiger partial charge is 0.497 e. The van der Waals surface area contributed by atoms with Crippen LogP contribution < -0.4 is 14.8 Å². The number of ether oxygens (including phenoxy) is 2. The molecule has 0 radical (unpaired) electrons. The minimum absolute atomic E-state index is 0.0662. The maximum absolute atomic E-state index is 12.5. The summed E-state index contributed by atoms with van der Waals surface area (Å²) in [5, 5.41) is 3.93. The Labute approximate surface area is 275 Å². The third-order valence-corrected chi connectivity index (χ3v) is 8.45. The van der Waals surface area contributed by atoms with E-state index in [-0.39, 0.29) is 18.2 Å². The molecule has 0 saturated heterocycles. The molecule has 2 heterocycles. The highest BCUT2D eigenvalue weighted by atomic mass is 16.5. The number of carbonyl (C=O) groups excluding carboxylic acids is 1. The van der Waals surface area contributed by atoms with Gasteiger partial charge in [0, 0.05) is 49.0 Å². The SMILES string of the molecule is COc1ccc(CN(CCc2cc3ccc(CC(=O)NCc4ccco4)cc3o2)CC(c2ccccc2)c2ccccc2)c(OC)c1. The van der Waals surface area contributed by atoms with Crippen LogP contribution in [0.5, 0.6) is 11.5 Å². The van der Waals surface area contributed by atoms with Crippen LogP contribution in [-0.4, -0.2) is 38.1 Å². The second-order valence-corrected chi connectivity index (χ2v) is 11.7. The van der Waals surface area contributed by atoms with Crippen LogP contribution in [0.1, 0.15) is 39.7 Å². The van der Waals surface area contributed by atoms with Gasteiger partial charge in [0.25, 0.3) is 0 Å². The highest BCUT2D eigenvalue weighted by Crippen LogP contribution is 2.30. The maximum Gasteiger partial charge on any atom is 0.224 e. The van der Waals surface area contributed by atoms with E-state index >= 15 is 0 Å². The third kappa shape index (κ3) is 8.31. The topological polar surface area (TPSA) is 77.1 Å². The molecule has 6 aromatic rings. The van der Waals surface area contributed by atoms with Crippen molar-refractivity contribution in [2.45, 2.75) is 31.8 Å². The zero-order valence-corrected chi connectivity index (χ0v) is 26.9. The van der Waals surface area contributed by atoms with Gasteiger partial charge in [-0.2, -0.15) is 0 Å². The van der Waals surface area contributed by atoms with Gasteiger partial charge in [0.1, 0.15) is 28.6 Å². The first kappa shape index (κ1) is 31.7. The predicted octanol–water partition coefficient (Wildman–Crippen LogP) is 7.78. The van der Waals surface area contributed by atoms with E-state index in [2.05, 4.69) is 83.0 Å². The van der Waals surface area contributed by atoms with Crippen molar-refractivity contribution in [3.8, 4) is 11.5 Å². The summed E-state index contributed by atoms with van der Waals surface area (Å²) in [6.45, 7) is 2.64. The Morgan fingerprint density at radius 3 is 2.26 bits per heavy atom. The van der Waals surface area contributed by atoms with Gasteiger partial charge in [0.15, 0.2) is 0 Å². The highest BCUT2D eigenvalue weighted by Gasteiger charge is 2.21. The predicted molar refractivity (Wildman–Crippen MR) is 184 cm³/mol. The Morgan fingerprint density at radius 1 is 0.809 bits per heavy atom. The lowest BCUT2D eigenvalue weighted by molar-refractivity contribution is -0.120. The molecule has 7 heteroatoms. The quantitative estimate of drug-likeness (QED) is 0.125. The molecule has 0 aliphatic rings. The lowest BCUT2D eigenvalue weighted by Gasteiger charge is -2.29. The Balaban J connectivity index is 1.20. The molecule has 0 fully saturated rings. The Kier molecular flexibility index (Phi) is 10.3. The average Bonchev–Trinajstić information content (AvgIpc) is 3.79. The Morgan fingerprint density at radius 2 is 1.57 bits per heavy atom. The van der Waals surface area contributed by atoms with E-state index in [1.54, 1.807) is 20.5 Å². The molecule has 240 valence electrons. The molecule has 0 atom stereocenters. The van der Waals surface area contributed by atoms with Gasteiger partial charge >= 0.3 is 0 Å². The zero-order valence-electron chi connectivity index (χ0n) is 26.9. The Bertz CT molecular complexity index is 1830. The summed E-state index contributed by atoms with van der Waals surface area (Å²) in [6.07, 6.45) is 2.59. The summed E-state index contributed by atoms with van der Waals surface area (Å²) in [6, 6.07) is 39.1. The molecule has 4 aromatic carbocycles. The summed E-state index contributed by atoms with van der Waals surface area (Å²) in [5.41, 5.74) is 5.32. The molecule has 47 heavy (non-hydrogen) atoms. The number of amides is 1. The van der Waals surface area contributed by atoms with Crippen molar-refractivity contribution in [1.82, 2.24) is 10.2 Å². The van der Waals surface area contributed by atoms with Crippen LogP contribution in [-0.2, 0) is 30.7 Å². The summed E-state index contributed by atoms with van der Waals surface area (Å²) >= 11 is 0. The van der Waals surface area contributed by atoms with Gasteiger partial charge in [-0.25, -0.2) is 0 Å². The van der Waals surface area contributed by atoms with Crippen LogP contribution in [0.2, 0.25) is 0 Å². The van der Waals surface area contributed by atoms with E-state index < -0.39 is 0 Å². The van der Waals surface area contributed by atoms with Crippen LogP contribution in [0.3, 0.4) is 0 Å². The van der Waals surface area contributed by atoms with Crippen LogP contribution in [0.4, 0.5) is 0 Å². The molecule has 0 saturated carbocycles. The average molecular weight is 629 g/mol. The number of carbonyl (C=O) groups is 1. The van der Waals surface area contributed by atoms with E-state index in [9.17, 15) is 4.79 Å². The molecule has 0 spiro atoms. The lowest BCUT2D eigenvalue weighted by atomic mass is 9.90. The molecule has 1 amide bonds. The number of nitrogens with zero attached hydrogens (tertiary/aromatic N) is 1. The first-order chi connectivity index (χ1) is 23.1. The van der Waals surface area contributed by atoms with E-state index in [4.69, 9.17) is 18.3 Å². The first-order valence-electron chi connectivity index (χ1n) is 15.9. The van der Waals surface area contributed by atoms with Gasteiger partial charge in [-0.1, -0.05) is 78.9 Å². The van der Waals surface area contributed by atoms with Gasteiger partial charge in [0.2, 0.25) is 5.91 Å². The molecule has 0 aliphatic heterocycles. The molecule has 2 aromatic heterocycles. The first-order valence-corrected chi connectivity index (χ1v) is 15.9. The molecule has 7 nitrogen and oxygen atoms in total. The monoisotopic (exact) mass is 628 g/mol. The molecular formula is C40H40N2O5. The highest BCUT2D eigenvalue weighted by molar-refractivity contribution is 5.82. The van der Waals surface area contributed by atoms with E-state index in [0.29, 0.717) is 13.1 Å². The van der Waals surface area contributed by atoms with Crippen molar-refractivity contribution in [3.05, 3.63) is 155 Å². The van der Waals surface area contributed by atoms with E-state index in [1.165, 1.54) is 11.1 Å². The summed E-state index contributed by atoms with van der Waals surface area (Å²) in [4.78, 5) is 15.0. The number of methoxy groups -OCH3 is 2. The van der Waals surface area contributed by atoms with Crippen molar-refractivity contribution >= 4 is 16.9 Å². The standard InChI is InChI=1S/C40H40N2O5/c1-44-34-18-17-33(38(25-34)45-2)27-42(28-37(30-10-5-3-6-11-30)31-12-7-4-8-13-31)20-19-35-24-32-16-15-29(22-39(32)47-35)23-40(43)41-26-36-14-9-21-46-36/h3-18,21-22,24-25,37H,19-20,23,26-28H2,1-2H3,(H,41,43). The molecule has 1 N–H and O–H groups in total. The van der Waals surface area contributed by atoms with Crippen LogP contribution in [0.15, 0.2) is 130 Å². The second kappa shape index (κ2) is 15.3. The number of fused-ring (bicyclic) bond motifs is 1. The van der Waals surface area contributed by atoms with Gasteiger partial charge < -0.3 is 23.6 Å². The third-order valence-electron chi connectivity index (χ3n) is 8.45. The number of rotatable bonds is 15. The van der Waals surface area contributed by atoms with Crippen molar-refractivity contribution in [2.75, 3.05) is 27.3 Å². The Hall–Kier alpha value is -5.27.